The summed E-state index contributed by atoms with van der Waals surface area (Å²) in [6.45, 7) is 11.4. The summed E-state index contributed by atoms with van der Waals surface area (Å²) in [7, 11) is 0. The third-order valence-electron chi connectivity index (χ3n) is 3.64. The average molecular weight is 315 g/mol. The van der Waals surface area contributed by atoms with E-state index in [0.29, 0.717) is 13.1 Å². The molecule has 130 valence electrons. The molecule has 0 bridgehead atoms. The van der Waals surface area contributed by atoms with E-state index in [2.05, 4.69) is 17.1 Å². The van der Waals surface area contributed by atoms with E-state index in [4.69, 9.17) is 15.2 Å². The smallest absolute Gasteiger partial charge is 0.407 e. The van der Waals surface area contributed by atoms with Crippen molar-refractivity contribution < 1.29 is 14.3 Å². The van der Waals surface area contributed by atoms with Gasteiger partial charge in [-0.05, 0) is 46.6 Å². The van der Waals surface area contributed by atoms with E-state index in [1.807, 2.05) is 20.8 Å². The van der Waals surface area contributed by atoms with E-state index < -0.39 is 5.60 Å². The van der Waals surface area contributed by atoms with Crippen LogP contribution >= 0.6 is 0 Å². The van der Waals surface area contributed by atoms with E-state index in [-0.39, 0.29) is 18.2 Å². The molecule has 0 aromatic heterocycles. The Morgan fingerprint density at radius 3 is 2.77 bits per heavy atom. The summed E-state index contributed by atoms with van der Waals surface area (Å²) in [4.78, 5) is 14.1. The minimum atomic E-state index is -0.480. The number of amides is 1. The molecule has 1 heterocycles. The van der Waals surface area contributed by atoms with Crippen molar-refractivity contribution in [3.63, 3.8) is 0 Å². The van der Waals surface area contributed by atoms with E-state index >= 15 is 0 Å². The van der Waals surface area contributed by atoms with Crippen LogP contribution in [-0.4, -0.2) is 61.5 Å². The quantitative estimate of drug-likeness (QED) is 0.748. The summed E-state index contributed by atoms with van der Waals surface area (Å²) < 4.78 is 11.1. The first kappa shape index (κ1) is 19.2. The topological polar surface area (TPSA) is 76.8 Å². The molecule has 3 N–H and O–H groups in total. The molecule has 0 aliphatic carbocycles. The molecule has 1 saturated heterocycles. The van der Waals surface area contributed by atoms with Gasteiger partial charge in [0.2, 0.25) is 0 Å². The Morgan fingerprint density at radius 1 is 1.45 bits per heavy atom. The highest BCUT2D eigenvalue weighted by molar-refractivity contribution is 5.67. The number of rotatable bonds is 7. The Labute approximate surface area is 134 Å². The monoisotopic (exact) mass is 315 g/mol. The minimum absolute atomic E-state index is 0.126. The molecule has 0 aromatic rings. The first-order chi connectivity index (χ1) is 10.4. The van der Waals surface area contributed by atoms with Gasteiger partial charge < -0.3 is 20.5 Å². The van der Waals surface area contributed by atoms with Crippen molar-refractivity contribution in [2.24, 2.45) is 5.73 Å². The zero-order valence-corrected chi connectivity index (χ0v) is 14.6. The van der Waals surface area contributed by atoms with Gasteiger partial charge in [0.05, 0.1) is 6.10 Å². The molecule has 1 fully saturated rings. The fourth-order valence-electron chi connectivity index (χ4n) is 2.60. The normalized spacial score (nSPS) is 21.4. The molecule has 22 heavy (non-hydrogen) atoms. The maximum absolute atomic E-state index is 11.8. The van der Waals surface area contributed by atoms with Gasteiger partial charge in [-0.15, -0.1) is 0 Å². The van der Waals surface area contributed by atoms with Gasteiger partial charge in [0, 0.05) is 32.3 Å². The average Bonchev–Trinajstić information content (AvgIpc) is 2.44. The van der Waals surface area contributed by atoms with Crippen LogP contribution in [0, 0.1) is 0 Å². The molecule has 1 aliphatic heterocycles. The summed E-state index contributed by atoms with van der Waals surface area (Å²) in [6, 6.07) is 0.126. The van der Waals surface area contributed by atoms with Crippen LogP contribution in [-0.2, 0) is 9.47 Å². The number of piperidine rings is 1. The van der Waals surface area contributed by atoms with E-state index in [9.17, 15) is 4.79 Å². The standard InChI is InChI=1S/C16H33N3O3/c1-5-9-21-14-7-6-8-19(12-14)13(10-17)11-18-15(20)22-16(2,3)4/h13-14H,5-12,17H2,1-4H3,(H,18,20). The largest absolute Gasteiger partial charge is 0.444 e. The molecular formula is C16H33N3O3. The van der Waals surface area contributed by atoms with Gasteiger partial charge in [-0.2, -0.15) is 0 Å². The summed E-state index contributed by atoms with van der Waals surface area (Å²) in [6.07, 6.45) is 3.15. The molecule has 0 radical (unpaired) electrons. The zero-order chi connectivity index (χ0) is 16.6. The molecule has 2 atom stereocenters. The van der Waals surface area contributed by atoms with Crippen molar-refractivity contribution in [1.29, 1.82) is 0 Å². The zero-order valence-electron chi connectivity index (χ0n) is 14.6. The number of hydrogen-bond donors (Lipinski definition) is 2. The molecule has 1 rings (SSSR count). The van der Waals surface area contributed by atoms with Crippen LogP contribution in [0.2, 0.25) is 0 Å². The van der Waals surface area contributed by atoms with E-state index in [1.54, 1.807) is 0 Å². The summed E-state index contributed by atoms with van der Waals surface area (Å²) in [5.74, 6) is 0. The van der Waals surface area contributed by atoms with E-state index in [1.165, 1.54) is 0 Å². The van der Waals surface area contributed by atoms with E-state index in [0.717, 1.165) is 39.0 Å². The fraction of sp³-hybridized carbons (Fsp3) is 0.938. The summed E-state index contributed by atoms with van der Waals surface area (Å²) in [5, 5.41) is 2.82. The Hall–Kier alpha value is -0.850. The maximum Gasteiger partial charge on any atom is 0.407 e. The van der Waals surface area contributed by atoms with Crippen molar-refractivity contribution in [2.45, 2.75) is 64.7 Å². The van der Waals surface area contributed by atoms with Crippen LogP contribution in [0.25, 0.3) is 0 Å². The molecule has 2 unspecified atom stereocenters. The summed E-state index contributed by atoms with van der Waals surface area (Å²) >= 11 is 0. The highest BCUT2D eigenvalue weighted by Crippen LogP contribution is 2.16. The lowest BCUT2D eigenvalue weighted by Crippen LogP contribution is -2.53. The number of nitrogens with zero attached hydrogens (tertiary/aromatic N) is 1. The van der Waals surface area contributed by atoms with Crippen molar-refractivity contribution in [1.82, 2.24) is 10.2 Å². The molecule has 6 nitrogen and oxygen atoms in total. The van der Waals surface area contributed by atoms with Crippen molar-refractivity contribution in [3.8, 4) is 0 Å². The third-order valence-corrected chi connectivity index (χ3v) is 3.64. The van der Waals surface area contributed by atoms with Crippen LogP contribution in [0.3, 0.4) is 0 Å². The number of carbonyl (C=O) groups is 1. The Kier molecular flexibility index (Phi) is 8.14. The van der Waals surface area contributed by atoms with Crippen LogP contribution < -0.4 is 11.1 Å². The highest BCUT2D eigenvalue weighted by atomic mass is 16.6. The second kappa shape index (κ2) is 9.33. The van der Waals surface area contributed by atoms with Gasteiger partial charge in [0.15, 0.2) is 0 Å². The van der Waals surface area contributed by atoms with Crippen molar-refractivity contribution >= 4 is 6.09 Å². The number of nitrogens with one attached hydrogen (secondary N) is 1. The Morgan fingerprint density at radius 2 is 2.18 bits per heavy atom. The lowest BCUT2D eigenvalue weighted by molar-refractivity contribution is -0.0117. The molecule has 1 aliphatic rings. The predicted octanol–water partition coefficient (Wildman–Crippen LogP) is 1.73. The molecular weight excluding hydrogens is 282 g/mol. The molecule has 1 amide bonds. The summed E-state index contributed by atoms with van der Waals surface area (Å²) in [5.41, 5.74) is 5.41. The van der Waals surface area contributed by atoms with Gasteiger partial charge >= 0.3 is 6.09 Å². The molecule has 0 aromatic carbocycles. The second-order valence-corrected chi connectivity index (χ2v) is 6.90. The lowest BCUT2D eigenvalue weighted by Gasteiger charge is -2.37. The van der Waals surface area contributed by atoms with Crippen LogP contribution in [0.5, 0.6) is 0 Å². The predicted molar refractivity (Wildman–Crippen MR) is 87.9 cm³/mol. The molecule has 0 spiro atoms. The van der Waals surface area contributed by atoms with Gasteiger partial charge in [-0.1, -0.05) is 6.92 Å². The lowest BCUT2D eigenvalue weighted by atomic mass is 10.1. The number of carbonyl (C=O) groups excluding carboxylic acids is 1. The first-order valence-corrected chi connectivity index (χ1v) is 8.38. The third kappa shape index (κ3) is 7.42. The minimum Gasteiger partial charge on any atom is -0.444 e. The Bertz CT molecular complexity index is 331. The Balaban J connectivity index is 2.41. The van der Waals surface area contributed by atoms with Gasteiger partial charge in [0.1, 0.15) is 5.60 Å². The highest BCUT2D eigenvalue weighted by Gasteiger charge is 2.26. The van der Waals surface area contributed by atoms with Crippen molar-refractivity contribution in [2.75, 3.05) is 32.8 Å². The number of hydrogen-bond acceptors (Lipinski definition) is 5. The van der Waals surface area contributed by atoms with Gasteiger partial charge in [-0.25, -0.2) is 4.79 Å². The van der Waals surface area contributed by atoms with Gasteiger partial charge in [0.25, 0.3) is 0 Å². The van der Waals surface area contributed by atoms with Crippen LogP contribution in [0.15, 0.2) is 0 Å². The van der Waals surface area contributed by atoms with Crippen LogP contribution in [0.1, 0.15) is 47.0 Å². The van der Waals surface area contributed by atoms with Crippen LogP contribution in [0.4, 0.5) is 4.79 Å². The number of alkyl carbamates (subject to hydrolysis) is 1. The maximum atomic E-state index is 11.8. The number of nitrogens with two attached hydrogens (primary N) is 1. The molecule has 6 heteroatoms. The SMILES string of the molecule is CCCOC1CCCN(C(CN)CNC(=O)OC(C)(C)C)C1. The first-order valence-electron chi connectivity index (χ1n) is 8.38. The van der Waals surface area contributed by atoms with Crippen molar-refractivity contribution in [3.05, 3.63) is 0 Å². The molecule has 0 saturated carbocycles. The second-order valence-electron chi connectivity index (χ2n) is 6.90. The van der Waals surface area contributed by atoms with Gasteiger partial charge in [-0.3, -0.25) is 4.90 Å². The number of ether oxygens (including phenoxy) is 2. The fourth-order valence-corrected chi connectivity index (χ4v) is 2.60. The number of likely N-dealkylation sites (tertiary alicyclic amines) is 1.